The summed E-state index contributed by atoms with van der Waals surface area (Å²) in [6.45, 7) is -0.709. The summed E-state index contributed by atoms with van der Waals surface area (Å²) in [6.07, 6.45) is 0.000893. The lowest BCUT2D eigenvalue weighted by molar-refractivity contribution is -0.615. The highest BCUT2D eigenvalue weighted by molar-refractivity contribution is 5.87. The summed E-state index contributed by atoms with van der Waals surface area (Å²) >= 11 is 0. The second-order valence-corrected chi connectivity index (χ2v) is 4.48. The van der Waals surface area contributed by atoms with Crippen LogP contribution in [0.5, 0.6) is 5.75 Å². The lowest BCUT2D eigenvalue weighted by atomic mass is 10.0. The maximum Gasteiger partial charge on any atom is 0.390 e. The molecule has 2 heterocycles. The van der Waals surface area contributed by atoms with E-state index in [1.54, 1.807) is 18.2 Å². The molecule has 0 saturated heterocycles. The molecule has 0 fully saturated rings. The van der Waals surface area contributed by atoms with Gasteiger partial charge in [0.1, 0.15) is 5.75 Å². The van der Waals surface area contributed by atoms with Crippen LogP contribution in [0.1, 0.15) is 5.56 Å². The maximum atomic E-state index is 11.2. The van der Waals surface area contributed by atoms with Gasteiger partial charge in [-0.15, -0.1) is 0 Å². The molecule has 1 unspecified atom stereocenters. The van der Waals surface area contributed by atoms with Gasteiger partial charge in [-0.2, -0.15) is 0 Å². The number of hydrogen-bond donors (Lipinski definition) is 2. The van der Waals surface area contributed by atoms with Gasteiger partial charge in [0, 0.05) is 17.0 Å². The fourth-order valence-electron chi connectivity index (χ4n) is 2.28. The van der Waals surface area contributed by atoms with Crippen LogP contribution in [-0.4, -0.2) is 27.3 Å². The van der Waals surface area contributed by atoms with Crippen LogP contribution in [0.2, 0.25) is 0 Å². The molecule has 1 atom stereocenters. The van der Waals surface area contributed by atoms with E-state index in [-0.39, 0.29) is 12.0 Å². The van der Waals surface area contributed by atoms with Gasteiger partial charge in [-0.1, -0.05) is 6.07 Å². The zero-order chi connectivity index (χ0) is 13.6. The Morgan fingerprint density at radius 3 is 2.89 bits per heavy atom. The van der Waals surface area contributed by atoms with Crippen LogP contribution in [-0.2, 0) is 6.42 Å². The van der Waals surface area contributed by atoms with Crippen LogP contribution in [0.3, 0.4) is 0 Å². The molecule has 0 radical (unpaired) electrons. The van der Waals surface area contributed by atoms with Crippen molar-refractivity contribution in [1.29, 1.82) is 0 Å². The Bertz CT molecular complexity index is 738. The standard InChI is InChI=1S/C12H10N2O5/c15-6-12(14(17)18)5-7-1-3-9-8(11(7)19-12)2-4-10(16)13-9/h1-4,15H,5-6H2,(H,13,16). The fourth-order valence-corrected chi connectivity index (χ4v) is 2.28. The molecule has 19 heavy (non-hydrogen) atoms. The maximum absolute atomic E-state index is 11.2. The van der Waals surface area contributed by atoms with Crippen LogP contribution in [0.25, 0.3) is 10.9 Å². The van der Waals surface area contributed by atoms with Gasteiger partial charge in [-0.3, -0.25) is 14.9 Å². The smallest absolute Gasteiger partial charge is 0.390 e. The van der Waals surface area contributed by atoms with Crippen LogP contribution < -0.4 is 10.3 Å². The van der Waals surface area contributed by atoms with E-state index in [1.807, 2.05) is 0 Å². The van der Waals surface area contributed by atoms with Crippen molar-refractivity contribution in [1.82, 2.24) is 4.98 Å². The third kappa shape index (κ3) is 1.59. The first-order chi connectivity index (χ1) is 9.05. The molecular formula is C12H10N2O5. The average molecular weight is 262 g/mol. The molecular weight excluding hydrogens is 252 g/mol. The number of nitrogens with one attached hydrogen (secondary N) is 1. The minimum Gasteiger partial charge on any atom is -0.425 e. The molecule has 1 aliphatic heterocycles. The van der Waals surface area contributed by atoms with E-state index in [4.69, 9.17) is 4.74 Å². The highest BCUT2D eigenvalue weighted by Crippen LogP contribution is 2.39. The van der Waals surface area contributed by atoms with Crippen molar-refractivity contribution < 1.29 is 14.8 Å². The number of hydrogen-bond acceptors (Lipinski definition) is 5. The number of aromatic nitrogens is 1. The van der Waals surface area contributed by atoms with Crippen molar-refractivity contribution in [3.05, 3.63) is 50.3 Å². The Hall–Kier alpha value is -2.41. The summed E-state index contributed by atoms with van der Waals surface area (Å²) in [6, 6.07) is 6.22. The Morgan fingerprint density at radius 2 is 2.21 bits per heavy atom. The largest absolute Gasteiger partial charge is 0.425 e. The lowest BCUT2D eigenvalue weighted by Crippen LogP contribution is -2.46. The number of rotatable bonds is 2. The molecule has 2 N–H and O–H groups in total. The molecule has 0 aliphatic carbocycles. The average Bonchev–Trinajstić information content (AvgIpc) is 2.78. The quantitative estimate of drug-likeness (QED) is 0.603. The highest BCUT2D eigenvalue weighted by Gasteiger charge is 2.51. The van der Waals surface area contributed by atoms with Crippen molar-refractivity contribution in [2.45, 2.75) is 12.1 Å². The summed E-state index contributed by atoms with van der Waals surface area (Å²) in [7, 11) is 0. The Labute approximate surface area is 106 Å². The van der Waals surface area contributed by atoms with Crippen molar-refractivity contribution in [3.8, 4) is 5.75 Å². The normalized spacial score (nSPS) is 21.1. The molecule has 1 aliphatic rings. The van der Waals surface area contributed by atoms with Crippen LogP contribution in [0, 0.1) is 10.1 Å². The highest BCUT2D eigenvalue weighted by atomic mass is 16.7. The van der Waals surface area contributed by atoms with Crippen molar-refractivity contribution in [2.75, 3.05) is 6.61 Å². The third-order valence-electron chi connectivity index (χ3n) is 3.28. The summed E-state index contributed by atoms with van der Waals surface area (Å²) in [4.78, 5) is 24.3. The second kappa shape index (κ2) is 3.79. The first kappa shape index (κ1) is 11.7. The van der Waals surface area contributed by atoms with E-state index in [0.717, 1.165) is 0 Å². The van der Waals surface area contributed by atoms with E-state index in [0.29, 0.717) is 22.2 Å². The molecule has 2 aromatic rings. The Kier molecular flexibility index (Phi) is 2.33. The monoisotopic (exact) mass is 262 g/mol. The molecule has 98 valence electrons. The fraction of sp³-hybridized carbons (Fsp3) is 0.250. The number of nitrogens with zero attached hydrogens (tertiary/aromatic N) is 1. The Balaban J connectivity index is 2.21. The number of aromatic amines is 1. The SMILES string of the molecule is O=c1ccc2c3c(ccc2[nH]1)CC(CO)([N+](=O)[O-])O3. The number of aliphatic hydroxyl groups is 1. The molecule has 1 aromatic carbocycles. The number of H-pyrrole nitrogens is 1. The number of fused-ring (bicyclic) bond motifs is 3. The van der Waals surface area contributed by atoms with Crippen molar-refractivity contribution >= 4 is 10.9 Å². The minimum absolute atomic E-state index is 0.000893. The zero-order valence-electron chi connectivity index (χ0n) is 9.75. The van der Waals surface area contributed by atoms with E-state index in [9.17, 15) is 20.0 Å². The van der Waals surface area contributed by atoms with Crippen LogP contribution >= 0.6 is 0 Å². The van der Waals surface area contributed by atoms with Gasteiger partial charge in [0.25, 0.3) is 0 Å². The minimum atomic E-state index is -1.83. The van der Waals surface area contributed by atoms with Gasteiger partial charge >= 0.3 is 5.72 Å². The van der Waals surface area contributed by atoms with Gasteiger partial charge in [0.2, 0.25) is 5.56 Å². The third-order valence-corrected chi connectivity index (χ3v) is 3.28. The van der Waals surface area contributed by atoms with Gasteiger partial charge in [-0.25, -0.2) is 0 Å². The number of nitro groups is 1. The molecule has 0 bridgehead atoms. The Morgan fingerprint density at radius 1 is 1.42 bits per heavy atom. The predicted molar refractivity (Wildman–Crippen MR) is 65.7 cm³/mol. The van der Waals surface area contributed by atoms with E-state index in [2.05, 4.69) is 4.98 Å². The number of aliphatic hydroxyl groups excluding tert-OH is 1. The van der Waals surface area contributed by atoms with Crippen LogP contribution in [0.15, 0.2) is 29.1 Å². The lowest BCUT2D eigenvalue weighted by Gasteiger charge is -2.16. The topological polar surface area (TPSA) is 105 Å². The molecule has 0 spiro atoms. The second-order valence-electron chi connectivity index (χ2n) is 4.48. The zero-order valence-corrected chi connectivity index (χ0v) is 9.75. The molecule has 7 nitrogen and oxygen atoms in total. The molecule has 3 rings (SSSR count). The van der Waals surface area contributed by atoms with Crippen LogP contribution in [0.4, 0.5) is 0 Å². The first-order valence-electron chi connectivity index (χ1n) is 5.65. The molecule has 0 saturated carbocycles. The predicted octanol–water partition coefficient (Wildman–Crippen LogP) is 0.428. The van der Waals surface area contributed by atoms with Gasteiger partial charge in [0.05, 0.1) is 16.9 Å². The van der Waals surface area contributed by atoms with Gasteiger partial charge < -0.3 is 14.8 Å². The number of benzene rings is 1. The first-order valence-corrected chi connectivity index (χ1v) is 5.65. The van der Waals surface area contributed by atoms with Crippen molar-refractivity contribution in [2.24, 2.45) is 0 Å². The number of pyridine rings is 1. The van der Waals surface area contributed by atoms with Gasteiger partial charge in [0.15, 0.2) is 6.61 Å². The summed E-state index contributed by atoms with van der Waals surface area (Å²) in [5.74, 6) is 0.347. The van der Waals surface area contributed by atoms with Gasteiger partial charge in [-0.05, 0) is 12.1 Å². The molecule has 7 heteroatoms. The van der Waals surface area contributed by atoms with E-state index in [1.165, 1.54) is 6.07 Å². The van der Waals surface area contributed by atoms with E-state index >= 15 is 0 Å². The summed E-state index contributed by atoms with van der Waals surface area (Å²) in [5.41, 5.74) is -0.894. The van der Waals surface area contributed by atoms with E-state index < -0.39 is 17.3 Å². The van der Waals surface area contributed by atoms with Crippen molar-refractivity contribution in [3.63, 3.8) is 0 Å². The molecule has 1 aromatic heterocycles. The molecule has 0 amide bonds. The summed E-state index contributed by atoms with van der Waals surface area (Å²) in [5, 5.41) is 20.9. The number of ether oxygens (including phenoxy) is 1. The summed E-state index contributed by atoms with van der Waals surface area (Å²) < 4.78 is 5.39.